The summed E-state index contributed by atoms with van der Waals surface area (Å²) in [7, 11) is 1.52. The zero-order valence-electron chi connectivity index (χ0n) is 11.2. The van der Waals surface area contributed by atoms with Gasteiger partial charge in [0, 0.05) is 12.0 Å². The van der Waals surface area contributed by atoms with Gasteiger partial charge in [-0.25, -0.2) is 4.39 Å². The molecule has 1 aliphatic heterocycles. The Bertz CT molecular complexity index is 521. The predicted octanol–water partition coefficient (Wildman–Crippen LogP) is 0.662. The lowest BCUT2D eigenvalue weighted by molar-refractivity contribution is -0.136. The summed E-state index contributed by atoms with van der Waals surface area (Å²) in [5, 5.41) is 0. The molecule has 20 heavy (non-hydrogen) atoms. The van der Waals surface area contributed by atoms with Gasteiger partial charge in [-0.15, -0.1) is 0 Å². The minimum absolute atomic E-state index is 0.0208. The fraction of sp³-hybridized carbons (Fsp3) is 0.429. The second-order valence-corrected chi connectivity index (χ2v) is 4.79. The maximum absolute atomic E-state index is 13.4. The van der Waals surface area contributed by atoms with Gasteiger partial charge in [-0.1, -0.05) is 18.2 Å². The number of amides is 2. The number of rotatable bonds is 4. The third-order valence-corrected chi connectivity index (χ3v) is 3.43. The number of carbonyl (C=O) groups is 2. The average Bonchev–Trinajstić information content (AvgIpc) is 2.82. The molecule has 108 valence electrons. The fourth-order valence-electron chi connectivity index (χ4n) is 2.44. The van der Waals surface area contributed by atoms with Crippen LogP contribution in [0.15, 0.2) is 24.3 Å². The number of ether oxygens (including phenoxy) is 1. The molecule has 2 rings (SSSR count). The van der Waals surface area contributed by atoms with Crippen LogP contribution in [0, 0.1) is 0 Å². The zero-order chi connectivity index (χ0) is 14.7. The number of halogens is 1. The van der Waals surface area contributed by atoms with Crippen molar-refractivity contribution in [2.45, 2.75) is 25.1 Å². The van der Waals surface area contributed by atoms with Gasteiger partial charge < -0.3 is 15.4 Å². The first-order valence-corrected chi connectivity index (χ1v) is 6.37. The lowest BCUT2D eigenvalue weighted by Crippen LogP contribution is -2.44. The van der Waals surface area contributed by atoms with Crippen molar-refractivity contribution in [3.8, 4) is 5.75 Å². The monoisotopic (exact) mass is 280 g/mol. The van der Waals surface area contributed by atoms with Crippen molar-refractivity contribution < 1.29 is 18.7 Å². The van der Waals surface area contributed by atoms with Gasteiger partial charge in [-0.2, -0.15) is 0 Å². The van der Waals surface area contributed by atoms with E-state index >= 15 is 0 Å². The van der Waals surface area contributed by atoms with E-state index in [2.05, 4.69) is 0 Å². The van der Waals surface area contributed by atoms with Crippen molar-refractivity contribution >= 4 is 11.8 Å². The zero-order valence-corrected chi connectivity index (χ0v) is 11.2. The van der Waals surface area contributed by atoms with Crippen LogP contribution in [0.1, 0.15) is 12.0 Å². The number of nitrogens with zero attached hydrogens (tertiary/aromatic N) is 1. The molecule has 0 saturated carbocycles. The van der Waals surface area contributed by atoms with Gasteiger partial charge in [-0.3, -0.25) is 9.59 Å². The first kappa shape index (κ1) is 14.3. The summed E-state index contributed by atoms with van der Waals surface area (Å²) in [5.74, 6) is -0.399. The molecular formula is C14H17FN2O3. The highest BCUT2D eigenvalue weighted by Gasteiger charge is 2.38. The molecule has 0 bridgehead atoms. The molecule has 1 aromatic carbocycles. The Balaban J connectivity index is 2.13. The Hall–Kier alpha value is -2.11. The molecule has 2 N–H and O–H groups in total. The lowest BCUT2D eigenvalue weighted by Gasteiger charge is -2.22. The van der Waals surface area contributed by atoms with Crippen molar-refractivity contribution in [1.82, 2.24) is 4.90 Å². The molecule has 0 aromatic heterocycles. The number of alkyl halides is 1. The Labute approximate surface area is 116 Å². The average molecular weight is 280 g/mol. The Morgan fingerprint density at radius 1 is 1.45 bits per heavy atom. The van der Waals surface area contributed by atoms with Gasteiger partial charge in [0.05, 0.1) is 20.1 Å². The van der Waals surface area contributed by atoms with Crippen molar-refractivity contribution in [2.24, 2.45) is 5.73 Å². The van der Waals surface area contributed by atoms with Crippen molar-refractivity contribution in [1.29, 1.82) is 0 Å². The quantitative estimate of drug-likeness (QED) is 0.880. The van der Waals surface area contributed by atoms with Gasteiger partial charge in [0.1, 0.15) is 18.0 Å². The van der Waals surface area contributed by atoms with E-state index in [1.54, 1.807) is 24.3 Å². The second-order valence-electron chi connectivity index (χ2n) is 4.79. The van der Waals surface area contributed by atoms with Gasteiger partial charge in [-0.05, 0) is 6.07 Å². The minimum Gasteiger partial charge on any atom is -0.496 e. The smallest absolute Gasteiger partial charge is 0.240 e. The van der Waals surface area contributed by atoms with Crippen molar-refractivity contribution in [3.05, 3.63) is 29.8 Å². The molecular weight excluding hydrogens is 263 g/mol. The van der Waals surface area contributed by atoms with E-state index in [4.69, 9.17) is 10.5 Å². The standard InChI is InChI=1S/C14H17FN2O3/c1-20-12-5-3-2-4-9(12)6-13(18)17-8-10(15)7-11(17)14(16)19/h2-5,10-11H,6-8H2,1H3,(H2,16,19)/t10-,11+/m1/s1. The van der Waals surface area contributed by atoms with Crippen LogP contribution in [-0.2, 0) is 16.0 Å². The molecule has 0 aliphatic carbocycles. The van der Waals surface area contributed by atoms with Crippen LogP contribution in [0.3, 0.4) is 0 Å². The highest BCUT2D eigenvalue weighted by molar-refractivity contribution is 5.88. The highest BCUT2D eigenvalue weighted by atomic mass is 19.1. The van der Waals surface area contributed by atoms with Gasteiger partial charge >= 0.3 is 0 Å². The maximum Gasteiger partial charge on any atom is 0.240 e. The van der Waals surface area contributed by atoms with Crippen LogP contribution >= 0.6 is 0 Å². The third kappa shape index (κ3) is 2.89. The first-order chi connectivity index (χ1) is 9.52. The van der Waals surface area contributed by atoms with E-state index in [0.717, 1.165) is 0 Å². The molecule has 5 nitrogen and oxygen atoms in total. The number of hydrogen-bond acceptors (Lipinski definition) is 3. The molecule has 1 fully saturated rings. The lowest BCUT2D eigenvalue weighted by atomic mass is 10.1. The number of para-hydroxylation sites is 1. The third-order valence-electron chi connectivity index (χ3n) is 3.43. The maximum atomic E-state index is 13.4. The summed E-state index contributed by atoms with van der Waals surface area (Å²) < 4.78 is 18.6. The SMILES string of the molecule is COc1ccccc1CC(=O)N1C[C@H](F)C[C@H]1C(N)=O. The Morgan fingerprint density at radius 2 is 2.15 bits per heavy atom. The van der Waals surface area contributed by atoms with E-state index in [1.807, 2.05) is 0 Å². The normalized spacial score (nSPS) is 21.8. The minimum atomic E-state index is -1.20. The van der Waals surface area contributed by atoms with E-state index < -0.39 is 18.1 Å². The molecule has 0 radical (unpaired) electrons. The number of hydrogen-bond donors (Lipinski definition) is 1. The van der Waals surface area contributed by atoms with Gasteiger partial charge in [0.25, 0.3) is 0 Å². The number of carbonyl (C=O) groups excluding carboxylic acids is 2. The summed E-state index contributed by atoms with van der Waals surface area (Å²) in [4.78, 5) is 24.7. The number of primary amides is 1. The second kappa shape index (κ2) is 5.90. The number of nitrogens with two attached hydrogens (primary N) is 1. The fourth-order valence-corrected chi connectivity index (χ4v) is 2.44. The molecule has 6 heteroatoms. The summed E-state index contributed by atoms with van der Waals surface area (Å²) in [6, 6.07) is 6.24. The first-order valence-electron chi connectivity index (χ1n) is 6.37. The molecule has 1 heterocycles. The van der Waals surface area contributed by atoms with Crippen LogP contribution in [0.2, 0.25) is 0 Å². The molecule has 0 spiro atoms. The number of benzene rings is 1. The van der Waals surface area contributed by atoms with E-state index in [0.29, 0.717) is 11.3 Å². The van der Waals surface area contributed by atoms with E-state index in [-0.39, 0.29) is 25.3 Å². The van der Waals surface area contributed by atoms with Crippen LogP contribution in [0.4, 0.5) is 4.39 Å². The van der Waals surface area contributed by atoms with Crippen LogP contribution in [0.5, 0.6) is 5.75 Å². The summed E-state index contributed by atoms with van der Waals surface area (Å²) >= 11 is 0. The summed E-state index contributed by atoms with van der Waals surface area (Å²) in [6.45, 7) is -0.0818. The van der Waals surface area contributed by atoms with Crippen molar-refractivity contribution in [2.75, 3.05) is 13.7 Å². The van der Waals surface area contributed by atoms with E-state index in [1.165, 1.54) is 12.0 Å². The number of methoxy groups -OCH3 is 1. The molecule has 2 atom stereocenters. The summed E-state index contributed by atoms with van der Waals surface area (Å²) in [5.41, 5.74) is 5.91. The predicted molar refractivity (Wildman–Crippen MR) is 70.9 cm³/mol. The van der Waals surface area contributed by atoms with Gasteiger partial charge in [0.15, 0.2) is 0 Å². The van der Waals surface area contributed by atoms with Crippen LogP contribution in [-0.4, -0.2) is 42.6 Å². The highest BCUT2D eigenvalue weighted by Crippen LogP contribution is 2.23. The number of likely N-dealkylation sites (tertiary alicyclic amines) is 1. The molecule has 1 aromatic rings. The summed E-state index contributed by atoms with van der Waals surface area (Å²) in [6.07, 6.45) is -1.16. The topological polar surface area (TPSA) is 72.6 Å². The Kier molecular flexibility index (Phi) is 4.22. The van der Waals surface area contributed by atoms with Crippen molar-refractivity contribution in [3.63, 3.8) is 0 Å². The van der Waals surface area contributed by atoms with Gasteiger partial charge in [0.2, 0.25) is 11.8 Å². The van der Waals surface area contributed by atoms with Crippen LogP contribution < -0.4 is 10.5 Å². The molecule has 0 unspecified atom stereocenters. The van der Waals surface area contributed by atoms with Crippen LogP contribution in [0.25, 0.3) is 0 Å². The Morgan fingerprint density at radius 3 is 2.80 bits per heavy atom. The molecule has 1 aliphatic rings. The molecule has 1 saturated heterocycles. The largest absolute Gasteiger partial charge is 0.496 e. The molecule has 2 amide bonds. The van der Waals surface area contributed by atoms with E-state index in [9.17, 15) is 14.0 Å².